The minimum Gasteiger partial charge on any atom is -0.264 e. The number of aromatic nitrogens is 2. The molecule has 0 aliphatic carbocycles. The van der Waals surface area contributed by atoms with Gasteiger partial charge in [0, 0.05) is 25.0 Å². The third-order valence-corrected chi connectivity index (χ3v) is 4.24. The summed E-state index contributed by atoms with van der Waals surface area (Å²) in [6.07, 6.45) is -0.491. The summed E-state index contributed by atoms with van der Waals surface area (Å²) in [5.74, 6) is -0.444. The van der Waals surface area contributed by atoms with Crippen LogP contribution in [0.4, 0.5) is 17.6 Å². The molecule has 0 unspecified atom stereocenters. The molecule has 0 aliphatic heterocycles. The number of rotatable bonds is 3. The fourth-order valence-corrected chi connectivity index (χ4v) is 2.49. The maximum Gasteiger partial charge on any atom is 0.417 e. The van der Waals surface area contributed by atoms with E-state index in [1.54, 1.807) is 20.0 Å². The quantitative estimate of drug-likeness (QED) is 0.685. The minimum absolute atomic E-state index is 0.173. The Morgan fingerprint density at radius 1 is 0.840 bits per heavy atom. The van der Waals surface area contributed by atoms with Crippen molar-refractivity contribution >= 4 is 0 Å². The number of alkyl halides is 3. The fourth-order valence-electron chi connectivity index (χ4n) is 2.49. The summed E-state index contributed by atoms with van der Waals surface area (Å²) >= 11 is 0. The first kappa shape index (κ1) is 19.3. The van der Waals surface area contributed by atoms with Crippen molar-refractivity contribution in [2.24, 2.45) is 0 Å². The normalized spacial score (nSPS) is 13.2. The molecule has 2 nitrogen and oxygen atoms in total. The van der Waals surface area contributed by atoms with Gasteiger partial charge in [0.25, 0.3) is 0 Å². The second-order valence-electron chi connectivity index (χ2n) is 7.92. The van der Waals surface area contributed by atoms with E-state index >= 15 is 0 Å². The van der Waals surface area contributed by atoms with Crippen LogP contribution in [-0.2, 0) is 23.4 Å². The van der Waals surface area contributed by atoms with Crippen LogP contribution in [0.5, 0.6) is 0 Å². The molecular weight excluding hydrogens is 332 g/mol. The highest BCUT2D eigenvalue weighted by Crippen LogP contribution is 2.34. The lowest BCUT2D eigenvalue weighted by atomic mass is 9.80. The molecule has 0 amide bonds. The number of hydrogen-bond donors (Lipinski definition) is 0. The van der Waals surface area contributed by atoms with Gasteiger partial charge in [-0.15, -0.1) is 0 Å². The van der Waals surface area contributed by atoms with Crippen molar-refractivity contribution in [2.75, 3.05) is 0 Å². The summed E-state index contributed by atoms with van der Waals surface area (Å²) in [5, 5.41) is 0. The van der Waals surface area contributed by atoms with Crippen LogP contribution in [0.2, 0.25) is 0 Å². The first-order chi connectivity index (χ1) is 11.3. The highest BCUT2D eigenvalue weighted by Gasteiger charge is 2.33. The van der Waals surface area contributed by atoms with Gasteiger partial charge in [-0.1, -0.05) is 34.6 Å². The van der Waals surface area contributed by atoms with E-state index in [9.17, 15) is 17.6 Å². The Morgan fingerprint density at radius 2 is 1.44 bits per heavy atom. The Kier molecular flexibility index (Phi) is 4.94. The van der Waals surface area contributed by atoms with Gasteiger partial charge in [-0.2, -0.15) is 13.2 Å². The monoisotopic (exact) mass is 354 g/mol. The lowest BCUT2D eigenvalue weighted by Crippen LogP contribution is -2.23. The molecule has 6 heteroatoms. The van der Waals surface area contributed by atoms with Crippen LogP contribution in [0.1, 0.15) is 57.0 Å². The number of halogens is 4. The van der Waals surface area contributed by atoms with Gasteiger partial charge in [0.15, 0.2) is 0 Å². The highest BCUT2D eigenvalue weighted by atomic mass is 19.4. The standard InChI is InChI=1S/C19H22F4N2/c1-17(2,3)12-7-15(20)16(25-11-12)8-18(4,5)13-6-14(10-24-9-13)19(21,22)23/h6-7,9-11H,8H2,1-5H3. The van der Waals surface area contributed by atoms with Gasteiger partial charge in [0.2, 0.25) is 0 Å². The van der Waals surface area contributed by atoms with Crippen molar-refractivity contribution in [3.05, 3.63) is 58.9 Å². The zero-order valence-electron chi connectivity index (χ0n) is 15.0. The van der Waals surface area contributed by atoms with Crippen LogP contribution in [0, 0.1) is 5.82 Å². The molecule has 0 saturated heterocycles. The molecule has 136 valence electrons. The molecule has 0 bridgehead atoms. The Morgan fingerprint density at radius 3 is 1.96 bits per heavy atom. The van der Waals surface area contributed by atoms with E-state index in [1.807, 2.05) is 20.8 Å². The Bertz CT molecular complexity index is 759. The summed E-state index contributed by atoms with van der Waals surface area (Å²) in [7, 11) is 0. The van der Waals surface area contributed by atoms with Crippen molar-refractivity contribution in [1.82, 2.24) is 9.97 Å². The largest absolute Gasteiger partial charge is 0.417 e. The third-order valence-electron chi connectivity index (χ3n) is 4.24. The van der Waals surface area contributed by atoms with Crippen LogP contribution in [0.25, 0.3) is 0 Å². The fraction of sp³-hybridized carbons (Fsp3) is 0.474. The molecule has 2 aromatic heterocycles. The van der Waals surface area contributed by atoms with Gasteiger partial charge in [-0.05, 0) is 34.1 Å². The summed E-state index contributed by atoms with van der Waals surface area (Å²) in [4.78, 5) is 7.90. The average molecular weight is 354 g/mol. The molecule has 0 saturated carbocycles. The summed E-state index contributed by atoms with van der Waals surface area (Å²) in [6, 6.07) is 2.51. The van der Waals surface area contributed by atoms with E-state index in [4.69, 9.17) is 0 Å². The van der Waals surface area contributed by atoms with Gasteiger partial charge in [-0.3, -0.25) is 9.97 Å². The predicted molar refractivity (Wildman–Crippen MR) is 88.9 cm³/mol. The number of pyridine rings is 2. The van der Waals surface area contributed by atoms with Gasteiger partial charge >= 0.3 is 6.18 Å². The molecule has 0 N–H and O–H groups in total. The van der Waals surface area contributed by atoms with Crippen LogP contribution in [0.3, 0.4) is 0 Å². The maximum atomic E-state index is 14.4. The molecule has 0 aliphatic rings. The van der Waals surface area contributed by atoms with Crippen molar-refractivity contribution in [3.8, 4) is 0 Å². The van der Waals surface area contributed by atoms with E-state index < -0.39 is 23.0 Å². The van der Waals surface area contributed by atoms with Crippen LogP contribution >= 0.6 is 0 Å². The van der Waals surface area contributed by atoms with E-state index in [0.29, 0.717) is 5.56 Å². The van der Waals surface area contributed by atoms with Gasteiger partial charge in [0.05, 0.1) is 11.3 Å². The highest BCUT2D eigenvalue weighted by molar-refractivity contribution is 5.30. The zero-order chi connectivity index (χ0) is 19.0. The van der Waals surface area contributed by atoms with Crippen molar-refractivity contribution in [3.63, 3.8) is 0 Å². The molecule has 0 radical (unpaired) electrons. The molecule has 25 heavy (non-hydrogen) atoms. The second kappa shape index (κ2) is 6.39. The number of nitrogens with zero attached hydrogens (tertiary/aromatic N) is 2. The lowest BCUT2D eigenvalue weighted by molar-refractivity contribution is -0.137. The Balaban J connectivity index is 2.33. The number of hydrogen-bond acceptors (Lipinski definition) is 2. The molecule has 2 heterocycles. The molecule has 2 rings (SSSR count). The molecule has 0 fully saturated rings. The molecule has 0 aromatic carbocycles. The molecule has 0 atom stereocenters. The first-order valence-electron chi connectivity index (χ1n) is 7.98. The van der Waals surface area contributed by atoms with Crippen LogP contribution in [0.15, 0.2) is 30.7 Å². The topological polar surface area (TPSA) is 25.8 Å². The average Bonchev–Trinajstić information content (AvgIpc) is 2.47. The van der Waals surface area contributed by atoms with Crippen molar-refractivity contribution in [2.45, 2.75) is 58.0 Å². The van der Waals surface area contributed by atoms with Gasteiger partial charge < -0.3 is 0 Å². The van der Waals surface area contributed by atoms with E-state index in [-0.39, 0.29) is 17.5 Å². The second-order valence-corrected chi connectivity index (χ2v) is 7.92. The summed E-state index contributed by atoms with van der Waals surface area (Å²) < 4.78 is 53.1. The lowest BCUT2D eigenvalue weighted by Gasteiger charge is -2.26. The summed E-state index contributed by atoms with van der Waals surface area (Å²) in [5.41, 5.74) is -0.390. The maximum absolute atomic E-state index is 14.4. The third kappa shape index (κ3) is 4.55. The van der Waals surface area contributed by atoms with E-state index in [2.05, 4.69) is 9.97 Å². The Labute approximate surface area is 145 Å². The smallest absolute Gasteiger partial charge is 0.264 e. The predicted octanol–water partition coefficient (Wildman–Crippen LogP) is 5.45. The van der Waals surface area contributed by atoms with E-state index in [1.165, 1.54) is 12.3 Å². The van der Waals surface area contributed by atoms with Crippen LogP contribution in [-0.4, -0.2) is 9.97 Å². The molecule has 2 aromatic rings. The van der Waals surface area contributed by atoms with E-state index in [0.717, 1.165) is 17.8 Å². The van der Waals surface area contributed by atoms with Crippen LogP contribution < -0.4 is 0 Å². The van der Waals surface area contributed by atoms with Crippen molar-refractivity contribution in [1.29, 1.82) is 0 Å². The first-order valence-corrected chi connectivity index (χ1v) is 7.98. The zero-order valence-corrected chi connectivity index (χ0v) is 15.0. The molecule has 0 spiro atoms. The van der Waals surface area contributed by atoms with Crippen molar-refractivity contribution < 1.29 is 17.6 Å². The van der Waals surface area contributed by atoms with Gasteiger partial charge in [-0.25, -0.2) is 4.39 Å². The Hall–Kier alpha value is -1.98. The minimum atomic E-state index is -4.46. The molecular formula is C19H22F4N2. The van der Waals surface area contributed by atoms with Gasteiger partial charge in [0.1, 0.15) is 5.82 Å². The SMILES string of the molecule is CC(C)(C)c1cnc(CC(C)(C)c2cncc(C(F)(F)F)c2)c(F)c1. The summed E-state index contributed by atoms with van der Waals surface area (Å²) in [6.45, 7) is 9.38.